The second kappa shape index (κ2) is 9.88. The Morgan fingerprint density at radius 2 is 1.61 bits per heavy atom. The number of carbonyl (C=O) groups excluding carboxylic acids is 1. The molecule has 0 saturated heterocycles. The standard InChI is InChI=1S/C22H28Br2N2O2/c1-6-9-10-26-13(4)18(21(27)19(24)14(26)5)22(28)25-20-15(7-2)11-17(23)12-16(20)8-3/h11-12H,6-10H2,1-5H3,(H,25,28). The van der Waals surface area contributed by atoms with Crippen LogP contribution in [0.3, 0.4) is 0 Å². The maximum Gasteiger partial charge on any atom is 0.261 e. The lowest BCUT2D eigenvalue weighted by Gasteiger charge is -2.20. The van der Waals surface area contributed by atoms with Gasteiger partial charge in [0.15, 0.2) is 0 Å². The van der Waals surface area contributed by atoms with Crippen molar-refractivity contribution in [2.24, 2.45) is 0 Å². The van der Waals surface area contributed by atoms with Crippen LogP contribution in [0, 0.1) is 13.8 Å². The highest BCUT2D eigenvalue weighted by molar-refractivity contribution is 9.10. The van der Waals surface area contributed by atoms with E-state index in [2.05, 4.69) is 62.5 Å². The highest BCUT2D eigenvalue weighted by Gasteiger charge is 2.22. The first-order valence-corrected chi connectivity index (χ1v) is 11.4. The Morgan fingerprint density at radius 3 is 2.11 bits per heavy atom. The van der Waals surface area contributed by atoms with Crippen LogP contribution in [0.2, 0.25) is 0 Å². The van der Waals surface area contributed by atoms with Gasteiger partial charge >= 0.3 is 0 Å². The summed E-state index contributed by atoms with van der Waals surface area (Å²) in [6.07, 6.45) is 3.62. The summed E-state index contributed by atoms with van der Waals surface area (Å²) in [5.74, 6) is -0.347. The smallest absolute Gasteiger partial charge is 0.261 e. The van der Waals surface area contributed by atoms with Crippen molar-refractivity contribution < 1.29 is 4.79 Å². The molecule has 2 rings (SSSR count). The number of unbranched alkanes of at least 4 members (excludes halogenated alkanes) is 1. The van der Waals surface area contributed by atoms with Gasteiger partial charge in [0.25, 0.3) is 5.91 Å². The van der Waals surface area contributed by atoms with Crippen LogP contribution in [-0.2, 0) is 19.4 Å². The van der Waals surface area contributed by atoms with Gasteiger partial charge in [-0.25, -0.2) is 0 Å². The summed E-state index contributed by atoms with van der Waals surface area (Å²) in [5, 5.41) is 3.04. The Hall–Kier alpha value is -1.40. The van der Waals surface area contributed by atoms with Crippen LogP contribution < -0.4 is 10.7 Å². The number of amides is 1. The highest BCUT2D eigenvalue weighted by atomic mass is 79.9. The molecular weight excluding hydrogens is 484 g/mol. The van der Waals surface area contributed by atoms with E-state index in [0.717, 1.165) is 59.2 Å². The molecule has 0 aliphatic heterocycles. The molecule has 1 heterocycles. The number of nitrogens with one attached hydrogen (secondary N) is 1. The van der Waals surface area contributed by atoms with Crippen LogP contribution in [-0.4, -0.2) is 10.5 Å². The van der Waals surface area contributed by atoms with E-state index in [1.165, 1.54) is 0 Å². The molecule has 1 aromatic carbocycles. The SMILES string of the molecule is CCCCn1c(C)c(Br)c(=O)c(C(=O)Nc2c(CC)cc(Br)cc2CC)c1C. The summed E-state index contributed by atoms with van der Waals surface area (Å²) < 4.78 is 3.52. The number of rotatable bonds is 7. The van der Waals surface area contributed by atoms with Crippen LogP contribution in [0.5, 0.6) is 0 Å². The fourth-order valence-corrected chi connectivity index (χ4v) is 4.45. The molecule has 0 radical (unpaired) electrons. The molecule has 1 aromatic heterocycles. The van der Waals surface area contributed by atoms with Gasteiger partial charge in [-0.2, -0.15) is 0 Å². The average Bonchev–Trinajstić information content (AvgIpc) is 2.67. The molecule has 152 valence electrons. The van der Waals surface area contributed by atoms with Gasteiger partial charge in [-0.05, 0) is 72.3 Å². The lowest BCUT2D eigenvalue weighted by Crippen LogP contribution is -2.29. The average molecular weight is 512 g/mol. The summed E-state index contributed by atoms with van der Waals surface area (Å²) >= 11 is 6.95. The van der Waals surface area contributed by atoms with E-state index in [4.69, 9.17) is 0 Å². The number of aryl methyl sites for hydroxylation is 2. The minimum Gasteiger partial charge on any atom is -0.347 e. The summed E-state index contributed by atoms with van der Waals surface area (Å²) in [6, 6.07) is 4.04. The van der Waals surface area contributed by atoms with Crippen LogP contribution >= 0.6 is 31.9 Å². The topological polar surface area (TPSA) is 51.1 Å². The Labute approximate surface area is 184 Å². The van der Waals surface area contributed by atoms with E-state index < -0.39 is 0 Å². The Kier molecular flexibility index (Phi) is 8.07. The molecule has 4 nitrogen and oxygen atoms in total. The van der Waals surface area contributed by atoms with E-state index in [-0.39, 0.29) is 16.9 Å². The highest BCUT2D eigenvalue weighted by Crippen LogP contribution is 2.28. The number of anilines is 1. The third-order valence-corrected chi connectivity index (χ3v) is 6.54. The summed E-state index contributed by atoms with van der Waals surface area (Å²) in [7, 11) is 0. The molecule has 0 saturated carbocycles. The summed E-state index contributed by atoms with van der Waals surface area (Å²) in [4.78, 5) is 26.1. The molecule has 0 bridgehead atoms. The van der Waals surface area contributed by atoms with Crippen molar-refractivity contribution in [3.8, 4) is 0 Å². The molecular formula is C22H28Br2N2O2. The van der Waals surface area contributed by atoms with Crippen molar-refractivity contribution in [3.63, 3.8) is 0 Å². The van der Waals surface area contributed by atoms with Crippen molar-refractivity contribution in [2.75, 3.05) is 5.32 Å². The van der Waals surface area contributed by atoms with Crippen molar-refractivity contribution in [1.29, 1.82) is 0 Å². The van der Waals surface area contributed by atoms with Gasteiger partial charge in [0, 0.05) is 28.1 Å². The summed E-state index contributed by atoms with van der Waals surface area (Å²) in [5.41, 5.74) is 4.44. The fourth-order valence-electron chi connectivity index (χ4n) is 3.48. The van der Waals surface area contributed by atoms with Crippen molar-refractivity contribution >= 4 is 43.5 Å². The molecule has 0 fully saturated rings. The number of nitrogens with zero attached hydrogens (tertiary/aromatic N) is 1. The Balaban J connectivity index is 2.57. The fraction of sp³-hybridized carbons (Fsp3) is 0.455. The van der Waals surface area contributed by atoms with Gasteiger partial charge < -0.3 is 9.88 Å². The number of hydrogen-bond donors (Lipinski definition) is 1. The number of halogens is 2. The minimum absolute atomic E-state index is 0.209. The molecule has 0 spiro atoms. The van der Waals surface area contributed by atoms with E-state index in [9.17, 15) is 9.59 Å². The molecule has 0 aliphatic carbocycles. The van der Waals surface area contributed by atoms with Gasteiger partial charge in [0.1, 0.15) is 5.56 Å². The number of pyridine rings is 1. The molecule has 1 amide bonds. The lowest BCUT2D eigenvalue weighted by atomic mass is 10.0. The van der Waals surface area contributed by atoms with Gasteiger partial charge in [0.05, 0.1) is 4.47 Å². The molecule has 0 atom stereocenters. The van der Waals surface area contributed by atoms with Crippen molar-refractivity contribution in [1.82, 2.24) is 4.57 Å². The van der Waals surface area contributed by atoms with Crippen LogP contribution in [0.4, 0.5) is 5.69 Å². The van der Waals surface area contributed by atoms with Crippen LogP contribution in [0.15, 0.2) is 25.9 Å². The zero-order valence-corrected chi connectivity index (χ0v) is 20.4. The first-order valence-electron chi connectivity index (χ1n) is 9.78. The maximum absolute atomic E-state index is 13.2. The number of benzene rings is 1. The molecule has 1 N–H and O–H groups in total. The van der Waals surface area contributed by atoms with Crippen LogP contribution in [0.25, 0.3) is 0 Å². The van der Waals surface area contributed by atoms with E-state index in [0.29, 0.717) is 10.2 Å². The van der Waals surface area contributed by atoms with Gasteiger partial charge in [-0.1, -0.05) is 43.1 Å². The van der Waals surface area contributed by atoms with Crippen molar-refractivity contribution in [3.05, 3.63) is 59.4 Å². The second-order valence-electron chi connectivity index (χ2n) is 6.95. The monoisotopic (exact) mass is 510 g/mol. The van der Waals surface area contributed by atoms with Gasteiger partial charge in [-0.3, -0.25) is 9.59 Å². The number of carbonyl (C=O) groups is 1. The zero-order chi connectivity index (χ0) is 21.0. The molecule has 0 aliphatic rings. The van der Waals surface area contributed by atoms with E-state index >= 15 is 0 Å². The normalized spacial score (nSPS) is 11.0. The largest absolute Gasteiger partial charge is 0.347 e. The quantitative estimate of drug-likeness (QED) is 0.483. The van der Waals surface area contributed by atoms with E-state index in [1.807, 2.05) is 26.0 Å². The van der Waals surface area contributed by atoms with E-state index in [1.54, 1.807) is 0 Å². The predicted molar refractivity (Wildman–Crippen MR) is 124 cm³/mol. The Bertz CT molecular complexity index is 924. The Morgan fingerprint density at radius 1 is 1.04 bits per heavy atom. The number of aromatic nitrogens is 1. The minimum atomic E-state index is -0.347. The van der Waals surface area contributed by atoms with Gasteiger partial charge in [0.2, 0.25) is 5.43 Å². The first-order chi connectivity index (χ1) is 13.3. The van der Waals surface area contributed by atoms with Crippen LogP contribution in [0.1, 0.15) is 66.5 Å². The number of hydrogen-bond acceptors (Lipinski definition) is 2. The maximum atomic E-state index is 13.2. The first kappa shape index (κ1) is 22.9. The van der Waals surface area contributed by atoms with Gasteiger partial charge in [-0.15, -0.1) is 0 Å². The molecule has 2 aromatic rings. The summed E-state index contributed by atoms with van der Waals surface area (Å²) in [6.45, 7) is 10.8. The van der Waals surface area contributed by atoms with Crippen molar-refractivity contribution in [2.45, 2.75) is 66.8 Å². The predicted octanol–water partition coefficient (Wildman–Crippen LogP) is 6.17. The molecule has 6 heteroatoms. The zero-order valence-electron chi connectivity index (χ0n) is 17.2. The third kappa shape index (κ3) is 4.60. The second-order valence-corrected chi connectivity index (χ2v) is 8.66. The third-order valence-electron chi connectivity index (χ3n) is 5.14. The molecule has 28 heavy (non-hydrogen) atoms. The molecule has 0 unspecified atom stereocenters. The lowest BCUT2D eigenvalue weighted by molar-refractivity contribution is 0.102.